The van der Waals surface area contributed by atoms with Crippen LogP contribution in [0.1, 0.15) is 11.3 Å². The summed E-state index contributed by atoms with van der Waals surface area (Å²) in [6.07, 6.45) is 1.87. The fraction of sp³-hybridized carbons (Fsp3) is 0.138. The molecule has 0 fully saturated rings. The molecule has 5 rings (SSSR count). The van der Waals surface area contributed by atoms with Crippen LogP contribution in [0.3, 0.4) is 0 Å². The molecule has 37 heavy (non-hydrogen) atoms. The molecule has 0 aliphatic carbocycles. The average Bonchev–Trinajstić information content (AvgIpc) is 3.50. The van der Waals surface area contributed by atoms with Gasteiger partial charge in [0, 0.05) is 44.0 Å². The van der Waals surface area contributed by atoms with Crippen molar-refractivity contribution in [1.82, 2.24) is 14.3 Å². The molecule has 1 N–H and O–H groups in total. The molecule has 0 unspecified atom stereocenters. The number of hydrogen-bond acceptors (Lipinski definition) is 6. The van der Waals surface area contributed by atoms with E-state index < -0.39 is 0 Å². The van der Waals surface area contributed by atoms with Crippen molar-refractivity contribution in [1.29, 1.82) is 0 Å². The van der Waals surface area contributed by atoms with Gasteiger partial charge in [-0.05, 0) is 36.8 Å². The molecule has 0 saturated carbocycles. The van der Waals surface area contributed by atoms with Crippen LogP contribution in [0, 0.1) is 6.92 Å². The molecule has 0 saturated heterocycles. The number of anilines is 2. The third-order valence-corrected chi connectivity index (χ3v) is 6.87. The topological polar surface area (TPSA) is 62.7 Å². The minimum atomic E-state index is 0.700. The number of benzene rings is 3. The number of rotatable bonds is 7. The number of para-hydroxylation sites is 1. The first-order valence-electron chi connectivity index (χ1n) is 12.0. The Hall–Kier alpha value is -4.43. The maximum Gasteiger partial charge on any atom is 0.203 e. The Balaban J connectivity index is 1.53. The Bertz CT molecular complexity index is 1580. The van der Waals surface area contributed by atoms with Gasteiger partial charge in [0.1, 0.15) is 5.69 Å². The highest BCUT2D eigenvalue weighted by molar-refractivity contribution is 7.14. The molecule has 5 aromatic rings. The van der Waals surface area contributed by atoms with Crippen molar-refractivity contribution in [2.75, 3.05) is 24.4 Å². The SMILES string of the molecule is Cc1c(N=Cc2ccccc2)/c(=N\Nc2nc(-c3ccc(N(C)C)cc3)cs2)n(-c2ccccc2)n1C. The van der Waals surface area contributed by atoms with E-state index >= 15 is 0 Å². The zero-order valence-electron chi connectivity index (χ0n) is 21.3. The van der Waals surface area contributed by atoms with Crippen molar-refractivity contribution in [2.24, 2.45) is 17.1 Å². The van der Waals surface area contributed by atoms with E-state index in [1.54, 1.807) is 0 Å². The lowest BCUT2D eigenvalue weighted by Gasteiger charge is -2.12. The van der Waals surface area contributed by atoms with E-state index in [4.69, 9.17) is 15.1 Å². The Morgan fingerprint density at radius 3 is 2.27 bits per heavy atom. The van der Waals surface area contributed by atoms with Crippen LogP contribution >= 0.6 is 11.3 Å². The normalized spacial score (nSPS) is 11.8. The summed E-state index contributed by atoms with van der Waals surface area (Å²) in [6, 6.07) is 28.6. The first-order chi connectivity index (χ1) is 18.0. The molecule has 0 atom stereocenters. The van der Waals surface area contributed by atoms with E-state index in [0.717, 1.165) is 39.6 Å². The third kappa shape index (κ3) is 5.24. The number of aromatic nitrogens is 3. The van der Waals surface area contributed by atoms with Crippen LogP contribution in [0.25, 0.3) is 16.9 Å². The highest BCUT2D eigenvalue weighted by atomic mass is 32.1. The van der Waals surface area contributed by atoms with Gasteiger partial charge in [-0.2, -0.15) is 5.10 Å². The molecule has 2 aromatic heterocycles. The zero-order valence-corrected chi connectivity index (χ0v) is 22.1. The van der Waals surface area contributed by atoms with Crippen LogP contribution < -0.4 is 15.8 Å². The van der Waals surface area contributed by atoms with Crippen LogP contribution in [-0.2, 0) is 7.05 Å². The highest BCUT2D eigenvalue weighted by Crippen LogP contribution is 2.26. The summed E-state index contributed by atoms with van der Waals surface area (Å²) in [5, 5.41) is 7.56. The van der Waals surface area contributed by atoms with E-state index in [9.17, 15) is 0 Å². The highest BCUT2D eigenvalue weighted by Gasteiger charge is 2.14. The minimum Gasteiger partial charge on any atom is -0.378 e. The summed E-state index contributed by atoms with van der Waals surface area (Å²) in [4.78, 5) is 11.7. The van der Waals surface area contributed by atoms with Crippen LogP contribution in [0.15, 0.2) is 100 Å². The van der Waals surface area contributed by atoms with Gasteiger partial charge in [-0.15, -0.1) is 11.3 Å². The first kappa shape index (κ1) is 24.3. The fourth-order valence-electron chi connectivity index (χ4n) is 3.99. The van der Waals surface area contributed by atoms with Crippen molar-refractivity contribution < 1.29 is 0 Å². The van der Waals surface area contributed by atoms with Crippen molar-refractivity contribution in [3.05, 3.63) is 107 Å². The summed E-state index contributed by atoms with van der Waals surface area (Å²) in [6.45, 7) is 2.05. The summed E-state index contributed by atoms with van der Waals surface area (Å²) in [5.41, 5.74) is 10.8. The van der Waals surface area contributed by atoms with E-state index in [1.807, 2.05) is 81.3 Å². The van der Waals surface area contributed by atoms with Crippen LogP contribution in [0.2, 0.25) is 0 Å². The van der Waals surface area contributed by atoms with Crippen LogP contribution in [0.4, 0.5) is 16.5 Å². The fourth-order valence-corrected chi connectivity index (χ4v) is 4.65. The molecular weight excluding hydrogens is 478 g/mol. The molecule has 0 aliphatic rings. The molecule has 2 heterocycles. The van der Waals surface area contributed by atoms with Crippen molar-refractivity contribution in [3.63, 3.8) is 0 Å². The number of nitrogens with zero attached hydrogens (tertiary/aromatic N) is 6. The Morgan fingerprint density at radius 1 is 0.919 bits per heavy atom. The van der Waals surface area contributed by atoms with Crippen LogP contribution in [0.5, 0.6) is 0 Å². The zero-order chi connectivity index (χ0) is 25.8. The van der Waals surface area contributed by atoms with Gasteiger partial charge in [-0.1, -0.05) is 60.7 Å². The number of nitrogens with one attached hydrogen (secondary N) is 1. The second-order valence-corrected chi connectivity index (χ2v) is 9.66. The average molecular weight is 508 g/mol. The molecule has 7 nitrogen and oxygen atoms in total. The lowest BCUT2D eigenvalue weighted by molar-refractivity contribution is 0.622. The molecule has 0 radical (unpaired) electrons. The van der Waals surface area contributed by atoms with Gasteiger partial charge < -0.3 is 4.90 Å². The van der Waals surface area contributed by atoms with E-state index in [0.29, 0.717) is 10.6 Å². The standard InChI is InChI=1S/C29H29N7S/c1-21-27(30-19-22-11-7-5-8-12-22)28(36(35(21)4)25-13-9-6-10-14-25)32-33-29-31-26(20-37-29)23-15-17-24(18-16-23)34(2)3/h5-20H,1-4H3,(H,31,33)/b30-19?,32-28+. The minimum absolute atomic E-state index is 0.700. The molecule has 186 valence electrons. The molecule has 8 heteroatoms. The summed E-state index contributed by atoms with van der Waals surface area (Å²) < 4.78 is 4.11. The first-order valence-corrected chi connectivity index (χ1v) is 12.9. The van der Waals surface area contributed by atoms with Crippen molar-refractivity contribution in [3.8, 4) is 16.9 Å². The maximum absolute atomic E-state index is 4.85. The second kappa shape index (κ2) is 10.7. The molecule has 0 spiro atoms. The third-order valence-electron chi connectivity index (χ3n) is 6.12. The molecule has 3 aromatic carbocycles. The van der Waals surface area contributed by atoms with Gasteiger partial charge in [0.05, 0.1) is 17.1 Å². The Labute approximate surface area is 220 Å². The van der Waals surface area contributed by atoms with Gasteiger partial charge in [-0.25, -0.2) is 9.67 Å². The lowest BCUT2D eigenvalue weighted by Crippen LogP contribution is -2.22. The maximum atomic E-state index is 4.85. The number of thiazole rings is 1. The van der Waals surface area contributed by atoms with Gasteiger partial charge in [0.25, 0.3) is 0 Å². The van der Waals surface area contributed by atoms with E-state index in [1.165, 1.54) is 11.3 Å². The molecule has 0 bridgehead atoms. The summed E-state index contributed by atoms with van der Waals surface area (Å²) >= 11 is 1.52. The molecule has 0 amide bonds. The van der Waals surface area contributed by atoms with Gasteiger partial charge in [-0.3, -0.25) is 15.1 Å². The Morgan fingerprint density at radius 2 is 1.59 bits per heavy atom. The van der Waals surface area contributed by atoms with Gasteiger partial charge in [0.15, 0.2) is 5.49 Å². The lowest BCUT2D eigenvalue weighted by atomic mass is 10.1. The van der Waals surface area contributed by atoms with Crippen LogP contribution in [-0.4, -0.2) is 34.7 Å². The van der Waals surface area contributed by atoms with Gasteiger partial charge in [0.2, 0.25) is 5.13 Å². The van der Waals surface area contributed by atoms with E-state index in [-0.39, 0.29) is 0 Å². The predicted molar refractivity (Wildman–Crippen MR) is 154 cm³/mol. The molecular formula is C29H29N7S. The molecule has 0 aliphatic heterocycles. The Kier molecular flexibility index (Phi) is 7.00. The second-order valence-electron chi connectivity index (χ2n) is 8.80. The van der Waals surface area contributed by atoms with Gasteiger partial charge >= 0.3 is 0 Å². The summed E-state index contributed by atoms with van der Waals surface area (Å²) in [5.74, 6) is 0. The monoisotopic (exact) mass is 507 g/mol. The predicted octanol–water partition coefficient (Wildman–Crippen LogP) is 5.99. The number of aliphatic imine (C=N–C) groups is 1. The van der Waals surface area contributed by atoms with Crippen molar-refractivity contribution in [2.45, 2.75) is 6.92 Å². The number of hydrogen-bond donors (Lipinski definition) is 1. The summed E-state index contributed by atoms with van der Waals surface area (Å²) in [7, 11) is 6.08. The quantitative estimate of drug-likeness (QED) is 0.217. The largest absolute Gasteiger partial charge is 0.378 e. The van der Waals surface area contributed by atoms with Crippen molar-refractivity contribution >= 4 is 34.1 Å². The van der Waals surface area contributed by atoms with E-state index in [2.05, 4.69) is 63.0 Å². The smallest absolute Gasteiger partial charge is 0.203 e.